The predicted octanol–water partition coefficient (Wildman–Crippen LogP) is 4.48. The fourth-order valence-corrected chi connectivity index (χ4v) is 5.73. The molecule has 4 rings (SSSR count). The molecule has 6 nitrogen and oxygen atoms in total. The minimum atomic E-state index is -0.203. The second kappa shape index (κ2) is 11.6. The summed E-state index contributed by atoms with van der Waals surface area (Å²) in [7, 11) is 3.86. The van der Waals surface area contributed by atoms with Gasteiger partial charge in [0.2, 0.25) is 0 Å². The van der Waals surface area contributed by atoms with Gasteiger partial charge in [-0.05, 0) is 62.6 Å². The second-order valence-electron chi connectivity index (χ2n) is 9.22. The molecule has 2 aliphatic rings. The molecule has 2 fully saturated rings. The van der Waals surface area contributed by atoms with Gasteiger partial charge in [-0.2, -0.15) is 0 Å². The third kappa shape index (κ3) is 5.95. The third-order valence-corrected chi connectivity index (χ3v) is 7.99. The Morgan fingerprint density at radius 1 is 1.09 bits per heavy atom. The van der Waals surface area contributed by atoms with E-state index >= 15 is 0 Å². The van der Waals surface area contributed by atoms with E-state index in [1.807, 2.05) is 61.0 Å². The molecule has 0 saturated carbocycles. The Labute approximate surface area is 207 Å². The molecule has 0 spiro atoms. The summed E-state index contributed by atoms with van der Waals surface area (Å²) in [5.41, 5.74) is 4.00. The van der Waals surface area contributed by atoms with E-state index in [4.69, 9.17) is 14.2 Å². The highest BCUT2D eigenvalue weighted by Gasteiger charge is 2.38. The Balaban J connectivity index is 1.37. The molecule has 0 radical (unpaired) electrons. The number of carbonyl (C=O) groups is 1. The van der Waals surface area contributed by atoms with E-state index in [1.54, 1.807) is 7.11 Å². The highest BCUT2D eigenvalue weighted by molar-refractivity contribution is 7.96. The summed E-state index contributed by atoms with van der Waals surface area (Å²) in [6, 6.07) is 14.8. The number of amides is 1. The van der Waals surface area contributed by atoms with E-state index in [2.05, 4.69) is 23.5 Å². The molecule has 2 saturated heterocycles. The SMILES string of the molecule is COC1CN(C(=O)c2c(C)cccc2C)CC1Oc1cccc(CSN(C)C2CCOCC2)c1. The zero-order chi connectivity index (χ0) is 24.1. The maximum Gasteiger partial charge on any atom is 0.254 e. The van der Waals surface area contributed by atoms with E-state index in [0.717, 1.165) is 54.2 Å². The Morgan fingerprint density at radius 3 is 2.47 bits per heavy atom. The number of likely N-dealkylation sites (tertiary alicyclic amines) is 1. The van der Waals surface area contributed by atoms with Crippen LogP contribution in [0.3, 0.4) is 0 Å². The largest absolute Gasteiger partial charge is 0.486 e. The third-order valence-electron chi connectivity index (χ3n) is 6.83. The van der Waals surface area contributed by atoms with Crippen molar-refractivity contribution in [3.63, 3.8) is 0 Å². The number of rotatable bonds is 8. The summed E-state index contributed by atoms with van der Waals surface area (Å²) >= 11 is 1.84. The van der Waals surface area contributed by atoms with Crippen LogP contribution in [0.4, 0.5) is 0 Å². The van der Waals surface area contributed by atoms with E-state index in [1.165, 1.54) is 5.56 Å². The van der Waals surface area contributed by atoms with Crippen LogP contribution < -0.4 is 4.74 Å². The van der Waals surface area contributed by atoms with Gasteiger partial charge >= 0.3 is 0 Å². The lowest BCUT2D eigenvalue weighted by atomic mass is 10.0. The van der Waals surface area contributed by atoms with Crippen LogP contribution in [0.1, 0.15) is 39.9 Å². The molecule has 2 unspecified atom stereocenters. The molecule has 0 aromatic heterocycles. The van der Waals surface area contributed by atoms with Crippen LogP contribution in [0.5, 0.6) is 5.75 Å². The topological polar surface area (TPSA) is 51.2 Å². The Morgan fingerprint density at radius 2 is 1.76 bits per heavy atom. The van der Waals surface area contributed by atoms with Gasteiger partial charge in [-0.25, -0.2) is 0 Å². The van der Waals surface area contributed by atoms with Gasteiger partial charge in [0, 0.05) is 37.7 Å². The van der Waals surface area contributed by atoms with Crippen LogP contribution >= 0.6 is 11.9 Å². The molecule has 184 valence electrons. The number of ether oxygens (including phenoxy) is 3. The van der Waals surface area contributed by atoms with Gasteiger partial charge in [0.15, 0.2) is 0 Å². The lowest BCUT2D eigenvalue weighted by Gasteiger charge is -2.30. The van der Waals surface area contributed by atoms with Crippen LogP contribution in [0.15, 0.2) is 42.5 Å². The molecule has 0 aliphatic carbocycles. The Hall–Kier alpha value is -2.06. The summed E-state index contributed by atoms with van der Waals surface area (Å²) in [5, 5.41) is 0. The minimum Gasteiger partial charge on any atom is -0.486 e. The van der Waals surface area contributed by atoms with Crippen molar-refractivity contribution in [2.75, 3.05) is 40.5 Å². The van der Waals surface area contributed by atoms with Gasteiger partial charge in [-0.1, -0.05) is 42.3 Å². The molecule has 0 bridgehead atoms. The minimum absolute atomic E-state index is 0.0463. The molecule has 1 amide bonds. The molecule has 0 N–H and O–H groups in total. The first-order valence-electron chi connectivity index (χ1n) is 12.0. The second-order valence-corrected chi connectivity index (χ2v) is 10.3. The van der Waals surface area contributed by atoms with Crippen LogP contribution in [0.25, 0.3) is 0 Å². The van der Waals surface area contributed by atoms with Crippen molar-refractivity contribution in [3.05, 3.63) is 64.7 Å². The molecule has 2 heterocycles. The number of nitrogens with zero attached hydrogens (tertiary/aromatic N) is 2. The van der Waals surface area contributed by atoms with Crippen molar-refractivity contribution >= 4 is 17.9 Å². The average Bonchev–Trinajstić information content (AvgIpc) is 3.26. The van der Waals surface area contributed by atoms with Gasteiger partial charge in [0.25, 0.3) is 5.91 Å². The smallest absolute Gasteiger partial charge is 0.254 e. The van der Waals surface area contributed by atoms with Gasteiger partial charge < -0.3 is 19.1 Å². The van der Waals surface area contributed by atoms with Crippen LogP contribution in [-0.4, -0.2) is 73.8 Å². The molecule has 2 aromatic rings. The van der Waals surface area contributed by atoms with E-state index in [-0.39, 0.29) is 18.1 Å². The highest BCUT2D eigenvalue weighted by atomic mass is 32.2. The number of hydrogen-bond acceptors (Lipinski definition) is 6. The summed E-state index contributed by atoms with van der Waals surface area (Å²) in [4.78, 5) is 15.1. The molecular weight excluding hydrogens is 448 g/mol. The molecule has 2 aliphatic heterocycles. The van der Waals surface area contributed by atoms with Gasteiger partial charge in [-0.3, -0.25) is 9.10 Å². The summed E-state index contributed by atoms with van der Waals surface area (Å²) < 4.78 is 19.9. The standard InChI is InChI=1S/C27H36N2O4S/c1-19-7-5-8-20(2)26(19)27(30)29-16-24(31-4)25(17-29)33-23-10-6-9-21(15-23)18-34-28(3)22-11-13-32-14-12-22/h5-10,15,22,24-25H,11-14,16-18H2,1-4H3. The molecule has 2 atom stereocenters. The van der Waals surface area contributed by atoms with Crippen molar-refractivity contribution in [1.82, 2.24) is 9.21 Å². The van der Waals surface area contributed by atoms with Gasteiger partial charge in [0.1, 0.15) is 18.0 Å². The number of methoxy groups -OCH3 is 1. The lowest BCUT2D eigenvalue weighted by molar-refractivity contribution is 0.0339. The first-order chi connectivity index (χ1) is 16.5. The molecule has 34 heavy (non-hydrogen) atoms. The lowest BCUT2D eigenvalue weighted by Crippen LogP contribution is -2.32. The number of aryl methyl sites for hydroxylation is 2. The Kier molecular flexibility index (Phi) is 8.53. The van der Waals surface area contributed by atoms with Crippen molar-refractivity contribution in [1.29, 1.82) is 0 Å². The van der Waals surface area contributed by atoms with E-state index in [0.29, 0.717) is 19.1 Å². The monoisotopic (exact) mass is 484 g/mol. The van der Waals surface area contributed by atoms with Gasteiger partial charge in [-0.15, -0.1) is 0 Å². The maximum absolute atomic E-state index is 13.3. The quantitative estimate of drug-likeness (QED) is 0.515. The van der Waals surface area contributed by atoms with Crippen molar-refractivity contribution in [2.45, 2.75) is 50.7 Å². The summed E-state index contributed by atoms with van der Waals surface area (Å²) in [6.07, 6.45) is 1.81. The summed E-state index contributed by atoms with van der Waals surface area (Å²) in [5.74, 6) is 1.76. The highest BCUT2D eigenvalue weighted by Crippen LogP contribution is 2.27. The van der Waals surface area contributed by atoms with Crippen LogP contribution in [0.2, 0.25) is 0 Å². The van der Waals surface area contributed by atoms with E-state index in [9.17, 15) is 4.79 Å². The zero-order valence-electron chi connectivity index (χ0n) is 20.7. The fourth-order valence-electron chi connectivity index (χ4n) is 4.77. The van der Waals surface area contributed by atoms with Crippen LogP contribution in [0, 0.1) is 13.8 Å². The first-order valence-corrected chi connectivity index (χ1v) is 13.0. The maximum atomic E-state index is 13.3. The van der Waals surface area contributed by atoms with Crippen molar-refractivity contribution in [2.24, 2.45) is 0 Å². The zero-order valence-corrected chi connectivity index (χ0v) is 21.5. The van der Waals surface area contributed by atoms with Crippen LogP contribution in [-0.2, 0) is 15.2 Å². The predicted molar refractivity (Wildman–Crippen MR) is 136 cm³/mol. The van der Waals surface area contributed by atoms with Crippen molar-refractivity contribution < 1.29 is 19.0 Å². The summed E-state index contributed by atoms with van der Waals surface area (Å²) in [6.45, 7) is 6.71. The molecule has 7 heteroatoms. The average molecular weight is 485 g/mol. The molecular formula is C27H36N2O4S. The molecule has 2 aromatic carbocycles. The number of carbonyl (C=O) groups excluding carboxylic acids is 1. The number of hydrogen-bond donors (Lipinski definition) is 0. The first kappa shape index (κ1) is 25.0. The fraction of sp³-hybridized carbons (Fsp3) is 0.519. The van der Waals surface area contributed by atoms with Gasteiger partial charge in [0.05, 0.1) is 13.1 Å². The Bertz CT molecular complexity index is 959. The number of benzene rings is 2. The normalized spacial score (nSPS) is 21.3. The van der Waals surface area contributed by atoms with E-state index < -0.39 is 0 Å². The van der Waals surface area contributed by atoms with Crippen molar-refractivity contribution in [3.8, 4) is 5.75 Å².